The molecule has 0 radical (unpaired) electrons. The van der Waals surface area contributed by atoms with Gasteiger partial charge in [0.2, 0.25) is 5.95 Å². The van der Waals surface area contributed by atoms with Crippen LogP contribution in [0.1, 0.15) is 46.1 Å². The number of aromatic nitrogens is 4. The largest absolute Gasteiger partial charge is 0.444 e. The molecule has 5 rings (SSSR count). The molecule has 1 unspecified atom stereocenters. The number of hydrogen-bond acceptors (Lipinski definition) is 8. The Kier molecular flexibility index (Phi) is 8.19. The van der Waals surface area contributed by atoms with Crippen LogP contribution < -0.4 is 21.5 Å². The van der Waals surface area contributed by atoms with Crippen LogP contribution >= 0.6 is 0 Å². The van der Waals surface area contributed by atoms with E-state index in [1.165, 1.54) is 10.6 Å². The molecule has 0 spiro atoms. The molecule has 3 heterocycles. The minimum atomic E-state index is -0.628. The van der Waals surface area contributed by atoms with Crippen LogP contribution in [0.5, 0.6) is 0 Å². The first-order chi connectivity index (χ1) is 20.9. The number of non-ortho nitro benzene ring substituents is 1. The highest BCUT2D eigenvalue weighted by Gasteiger charge is 2.29. The van der Waals surface area contributed by atoms with Crippen molar-refractivity contribution in [2.45, 2.75) is 65.3 Å². The number of benzene rings is 2. The Hall–Kier alpha value is -5.12. The lowest BCUT2D eigenvalue weighted by atomic mass is 10.0. The maximum Gasteiger partial charge on any atom is 0.407 e. The van der Waals surface area contributed by atoms with E-state index >= 15 is 0 Å². The molecule has 0 saturated carbocycles. The molecule has 1 aliphatic heterocycles. The molecule has 1 aliphatic rings. The highest BCUT2D eigenvalue weighted by Crippen LogP contribution is 2.28. The third-order valence-electron chi connectivity index (χ3n) is 7.57. The molecule has 13 nitrogen and oxygen atoms in total. The number of rotatable bonds is 6. The van der Waals surface area contributed by atoms with Crippen molar-refractivity contribution < 1.29 is 14.5 Å². The van der Waals surface area contributed by atoms with Crippen molar-refractivity contribution in [3.63, 3.8) is 0 Å². The van der Waals surface area contributed by atoms with E-state index in [1.807, 2.05) is 4.90 Å². The van der Waals surface area contributed by atoms with Crippen LogP contribution in [0.2, 0.25) is 0 Å². The first kappa shape index (κ1) is 30.3. The number of hydrogen-bond donors (Lipinski definition) is 1. The van der Waals surface area contributed by atoms with Crippen LogP contribution in [-0.4, -0.2) is 54.4 Å². The summed E-state index contributed by atoms with van der Waals surface area (Å²) in [6, 6.07) is 9.61. The summed E-state index contributed by atoms with van der Waals surface area (Å²) in [6.07, 6.45) is 1.01. The Bertz CT molecular complexity index is 1950. The number of nitro groups is 1. The van der Waals surface area contributed by atoms with Crippen LogP contribution in [0.3, 0.4) is 0 Å². The van der Waals surface area contributed by atoms with Crippen molar-refractivity contribution in [3.8, 4) is 11.8 Å². The number of aryl methyl sites for hydroxylation is 1. The van der Waals surface area contributed by atoms with E-state index in [0.29, 0.717) is 35.4 Å². The number of amides is 1. The third kappa shape index (κ3) is 5.88. The first-order valence-corrected chi connectivity index (χ1v) is 14.4. The number of anilines is 1. The average molecular weight is 602 g/mol. The number of nitrogens with one attached hydrogen (secondary N) is 1. The fraction of sp³-hybridized carbons (Fsp3) is 0.419. The highest BCUT2D eigenvalue weighted by atomic mass is 16.6. The van der Waals surface area contributed by atoms with Gasteiger partial charge in [-0.05, 0) is 57.6 Å². The van der Waals surface area contributed by atoms with Gasteiger partial charge in [0.15, 0.2) is 11.2 Å². The van der Waals surface area contributed by atoms with Crippen LogP contribution in [0.15, 0.2) is 46.0 Å². The number of carbonyl (C=O) groups is 1. The Morgan fingerprint density at radius 1 is 1.16 bits per heavy atom. The number of carbonyl (C=O) groups excluding carboxylic acids is 1. The van der Waals surface area contributed by atoms with E-state index in [-0.39, 0.29) is 36.0 Å². The van der Waals surface area contributed by atoms with Gasteiger partial charge >= 0.3 is 11.8 Å². The Morgan fingerprint density at radius 3 is 2.59 bits per heavy atom. The third-order valence-corrected chi connectivity index (χ3v) is 7.57. The van der Waals surface area contributed by atoms with Gasteiger partial charge in [0, 0.05) is 32.2 Å². The van der Waals surface area contributed by atoms with Crippen LogP contribution in [0.4, 0.5) is 16.4 Å². The van der Waals surface area contributed by atoms with Crippen LogP contribution in [0.25, 0.3) is 21.9 Å². The van der Waals surface area contributed by atoms with Gasteiger partial charge in [0.25, 0.3) is 11.2 Å². The molecule has 44 heavy (non-hydrogen) atoms. The summed E-state index contributed by atoms with van der Waals surface area (Å²) < 4.78 is 9.61. The number of imidazole rings is 1. The number of ether oxygens (including phenoxy) is 1. The van der Waals surface area contributed by atoms with Crippen LogP contribution in [0, 0.1) is 22.0 Å². The molecule has 0 aliphatic carbocycles. The Morgan fingerprint density at radius 2 is 1.89 bits per heavy atom. The smallest absolute Gasteiger partial charge is 0.407 e. The van der Waals surface area contributed by atoms with Gasteiger partial charge in [0.05, 0.1) is 23.4 Å². The molecule has 230 valence electrons. The molecule has 4 aromatic rings. The molecule has 1 saturated heterocycles. The molecule has 1 N–H and O–H groups in total. The zero-order valence-corrected chi connectivity index (χ0v) is 25.4. The molecule has 13 heteroatoms. The Labute approximate surface area is 253 Å². The summed E-state index contributed by atoms with van der Waals surface area (Å²) in [4.78, 5) is 58.0. The van der Waals surface area contributed by atoms with E-state index < -0.39 is 27.9 Å². The summed E-state index contributed by atoms with van der Waals surface area (Å²) in [5, 5.41) is 15.6. The second-order valence-corrected chi connectivity index (χ2v) is 11.8. The number of nitro benzene ring substituents is 1. The number of fused-ring (bicyclic) bond motifs is 2. The van der Waals surface area contributed by atoms with Gasteiger partial charge < -0.3 is 15.0 Å². The number of nitrogens with zero attached hydrogens (tertiary/aromatic N) is 6. The maximum atomic E-state index is 14.1. The van der Waals surface area contributed by atoms with Gasteiger partial charge in [-0.15, -0.1) is 5.92 Å². The second-order valence-electron chi connectivity index (χ2n) is 11.8. The molecule has 2 aromatic carbocycles. The quantitative estimate of drug-likeness (QED) is 0.201. The Balaban J connectivity index is 1.58. The van der Waals surface area contributed by atoms with Gasteiger partial charge in [-0.25, -0.2) is 9.59 Å². The molecule has 2 aromatic heterocycles. The van der Waals surface area contributed by atoms with Crippen molar-refractivity contribution in [1.29, 1.82) is 0 Å². The molecule has 1 amide bonds. The lowest BCUT2D eigenvalue weighted by Gasteiger charge is -2.34. The summed E-state index contributed by atoms with van der Waals surface area (Å²) in [5.74, 6) is 6.36. The molecule has 1 fully saturated rings. The first-order valence-electron chi connectivity index (χ1n) is 14.4. The normalized spacial score (nSPS) is 15.2. The molecule has 0 bridgehead atoms. The zero-order valence-electron chi connectivity index (χ0n) is 25.4. The highest BCUT2D eigenvalue weighted by molar-refractivity contribution is 5.93. The topological polar surface area (TPSA) is 147 Å². The summed E-state index contributed by atoms with van der Waals surface area (Å²) in [7, 11) is 1.56. The van der Waals surface area contributed by atoms with Gasteiger partial charge in [-0.2, -0.15) is 4.98 Å². The van der Waals surface area contributed by atoms with Crippen molar-refractivity contribution in [2.24, 2.45) is 7.05 Å². The lowest BCUT2D eigenvalue weighted by molar-refractivity contribution is -0.383. The SMILES string of the molecule is CC#CCn1c(N2CCCC(NC(=O)OC(C)(C)C)C2)nc2c1c(=O)n(Cc1cccc3c([N+](=O)[O-])cccc13)c(=O)n2C. The van der Waals surface area contributed by atoms with E-state index in [9.17, 15) is 24.5 Å². The van der Waals surface area contributed by atoms with Crippen LogP contribution in [-0.2, 0) is 24.9 Å². The van der Waals surface area contributed by atoms with Crippen molar-refractivity contribution in [1.82, 2.24) is 24.0 Å². The van der Waals surface area contributed by atoms with Crippen molar-refractivity contribution in [3.05, 3.63) is 72.9 Å². The number of alkyl carbamates (subject to hydrolysis) is 1. The summed E-state index contributed by atoms with van der Waals surface area (Å²) in [5.41, 5.74) is -0.749. The van der Waals surface area contributed by atoms with E-state index in [0.717, 1.165) is 17.4 Å². The fourth-order valence-corrected chi connectivity index (χ4v) is 5.63. The van der Waals surface area contributed by atoms with Crippen molar-refractivity contribution in [2.75, 3.05) is 18.0 Å². The molecular formula is C31H35N7O6. The summed E-state index contributed by atoms with van der Waals surface area (Å²) >= 11 is 0. The van der Waals surface area contributed by atoms with E-state index in [1.54, 1.807) is 69.6 Å². The van der Waals surface area contributed by atoms with E-state index in [4.69, 9.17) is 9.72 Å². The second kappa shape index (κ2) is 11.9. The standard InChI is InChI=1S/C31H35N7O6/c1-6-7-17-36-25-26(33-28(36)35-16-10-12-21(19-35)32-29(40)44-31(2,3)4)34(5)30(41)37(27(25)39)18-20-11-8-14-23-22(20)13-9-15-24(23)38(42)43/h8-9,11,13-15,21H,10,12,16-19H2,1-5H3,(H,32,40). The lowest BCUT2D eigenvalue weighted by Crippen LogP contribution is -2.49. The predicted molar refractivity (Wildman–Crippen MR) is 167 cm³/mol. The predicted octanol–water partition coefficient (Wildman–Crippen LogP) is 3.52. The molecular weight excluding hydrogens is 566 g/mol. The average Bonchev–Trinajstić information content (AvgIpc) is 3.35. The fourth-order valence-electron chi connectivity index (χ4n) is 5.63. The minimum Gasteiger partial charge on any atom is -0.444 e. The minimum absolute atomic E-state index is 0.0538. The number of piperidine rings is 1. The monoisotopic (exact) mass is 601 g/mol. The van der Waals surface area contributed by atoms with Gasteiger partial charge in [-0.3, -0.25) is 28.6 Å². The molecule has 1 atom stereocenters. The van der Waals surface area contributed by atoms with Gasteiger partial charge in [0.1, 0.15) is 5.60 Å². The van der Waals surface area contributed by atoms with Crippen molar-refractivity contribution >= 4 is 39.7 Å². The summed E-state index contributed by atoms with van der Waals surface area (Å²) in [6.45, 7) is 8.25. The van der Waals surface area contributed by atoms with Gasteiger partial charge in [-0.1, -0.05) is 30.2 Å². The maximum absolute atomic E-state index is 14.1. The zero-order chi connectivity index (χ0) is 31.8. The van der Waals surface area contributed by atoms with E-state index in [2.05, 4.69) is 17.2 Å².